The van der Waals surface area contributed by atoms with Crippen LogP contribution < -0.4 is 0 Å². The summed E-state index contributed by atoms with van der Waals surface area (Å²) in [7, 11) is 1.26. The molecule has 0 fully saturated rings. The van der Waals surface area contributed by atoms with Crippen LogP contribution in [0.25, 0.3) is 5.57 Å². The fourth-order valence-corrected chi connectivity index (χ4v) is 2.72. The zero-order valence-corrected chi connectivity index (χ0v) is 15.1. The SMILES string of the molecule is C/C=C(\c1ccc(C(=O)OC)cc1CC)c1nc(Cl)ncc1C(F)(F)F. The molecule has 8 heteroatoms. The van der Waals surface area contributed by atoms with Gasteiger partial charge in [-0.15, -0.1) is 0 Å². The van der Waals surface area contributed by atoms with Crippen molar-refractivity contribution in [2.24, 2.45) is 0 Å². The van der Waals surface area contributed by atoms with Crippen molar-refractivity contribution < 1.29 is 22.7 Å². The summed E-state index contributed by atoms with van der Waals surface area (Å²) in [6, 6.07) is 4.68. The number of alkyl halides is 3. The Balaban J connectivity index is 2.68. The molecular weight excluding hydrogens is 369 g/mol. The number of aryl methyl sites for hydroxylation is 1. The lowest BCUT2D eigenvalue weighted by Gasteiger charge is -2.17. The molecule has 0 aliphatic heterocycles. The number of ether oxygens (including phenoxy) is 1. The smallest absolute Gasteiger partial charge is 0.419 e. The number of benzene rings is 1. The predicted octanol–water partition coefficient (Wildman–Crippen LogP) is 4.95. The molecule has 0 N–H and O–H groups in total. The Kier molecular flexibility index (Phi) is 6.02. The normalized spacial score (nSPS) is 12.2. The zero-order valence-electron chi connectivity index (χ0n) is 14.3. The molecule has 0 saturated carbocycles. The first-order valence-electron chi connectivity index (χ1n) is 7.70. The molecular formula is C18H16ClF3N2O2. The van der Waals surface area contributed by atoms with Crippen LogP contribution in [-0.4, -0.2) is 23.0 Å². The Bertz CT molecular complexity index is 864. The molecule has 0 radical (unpaired) electrons. The maximum absolute atomic E-state index is 13.4. The highest BCUT2D eigenvalue weighted by Gasteiger charge is 2.36. The average Bonchev–Trinajstić information content (AvgIpc) is 2.60. The van der Waals surface area contributed by atoms with Gasteiger partial charge in [-0.2, -0.15) is 13.2 Å². The molecule has 1 aromatic heterocycles. The summed E-state index contributed by atoms with van der Waals surface area (Å²) in [5.41, 5.74) is 0.511. The largest absolute Gasteiger partial charge is 0.465 e. The van der Waals surface area contributed by atoms with Crippen molar-refractivity contribution in [1.82, 2.24) is 9.97 Å². The van der Waals surface area contributed by atoms with Gasteiger partial charge in [0.05, 0.1) is 18.4 Å². The van der Waals surface area contributed by atoms with Gasteiger partial charge in [0.25, 0.3) is 0 Å². The van der Waals surface area contributed by atoms with Crippen LogP contribution in [0.4, 0.5) is 13.2 Å². The molecule has 26 heavy (non-hydrogen) atoms. The number of carbonyl (C=O) groups excluding carboxylic acids is 1. The number of carbonyl (C=O) groups is 1. The first-order chi connectivity index (χ1) is 12.2. The first kappa shape index (κ1) is 19.9. The van der Waals surface area contributed by atoms with Crippen molar-refractivity contribution in [2.45, 2.75) is 26.4 Å². The van der Waals surface area contributed by atoms with Crippen molar-refractivity contribution in [3.8, 4) is 0 Å². The van der Waals surface area contributed by atoms with Crippen LogP contribution >= 0.6 is 11.6 Å². The minimum atomic E-state index is -4.63. The Morgan fingerprint density at radius 3 is 2.58 bits per heavy atom. The van der Waals surface area contributed by atoms with Crippen LogP contribution in [-0.2, 0) is 17.3 Å². The van der Waals surface area contributed by atoms with Gasteiger partial charge in [0, 0.05) is 11.8 Å². The third-order valence-corrected chi connectivity index (χ3v) is 3.99. The molecule has 0 amide bonds. The number of rotatable bonds is 4. The maximum Gasteiger partial charge on any atom is 0.419 e. The molecule has 0 aliphatic carbocycles. The van der Waals surface area contributed by atoms with Gasteiger partial charge in [0.1, 0.15) is 5.56 Å². The third-order valence-electron chi connectivity index (χ3n) is 3.81. The average molecular weight is 385 g/mol. The first-order valence-corrected chi connectivity index (χ1v) is 8.08. The predicted molar refractivity (Wildman–Crippen MR) is 92.0 cm³/mol. The van der Waals surface area contributed by atoms with Crippen LogP contribution in [0.15, 0.2) is 30.5 Å². The van der Waals surface area contributed by atoms with E-state index in [2.05, 4.69) is 14.7 Å². The third kappa shape index (κ3) is 4.04. The Labute approximate surface area is 153 Å². The molecule has 1 aromatic carbocycles. The second-order valence-electron chi connectivity index (χ2n) is 5.32. The van der Waals surface area contributed by atoms with Gasteiger partial charge in [-0.1, -0.05) is 19.1 Å². The van der Waals surface area contributed by atoms with Gasteiger partial charge in [-0.25, -0.2) is 14.8 Å². The van der Waals surface area contributed by atoms with Crippen molar-refractivity contribution in [1.29, 1.82) is 0 Å². The molecule has 0 saturated heterocycles. The second kappa shape index (κ2) is 7.86. The summed E-state index contributed by atoms with van der Waals surface area (Å²) in [5.74, 6) is -0.519. The number of esters is 1. The van der Waals surface area contributed by atoms with Gasteiger partial charge >= 0.3 is 12.1 Å². The van der Waals surface area contributed by atoms with Crippen LogP contribution in [0.1, 0.15) is 46.6 Å². The van der Waals surface area contributed by atoms with E-state index >= 15 is 0 Å². The van der Waals surface area contributed by atoms with Crippen LogP contribution in [0.3, 0.4) is 0 Å². The van der Waals surface area contributed by atoms with E-state index in [0.29, 0.717) is 29.3 Å². The molecule has 0 bridgehead atoms. The van der Waals surface area contributed by atoms with Crippen LogP contribution in [0, 0.1) is 0 Å². The van der Waals surface area contributed by atoms with Gasteiger partial charge in [-0.3, -0.25) is 0 Å². The molecule has 0 atom stereocenters. The Morgan fingerprint density at radius 2 is 2.04 bits per heavy atom. The van der Waals surface area contributed by atoms with E-state index in [4.69, 9.17) is 11.6 Å². The van der Waals surface area contributed by atoms with Gasteiger partial charge in [0.15, 0.2) is 0 Å². The number of allylic oxidation sites excluding steroid dienone is 1. The van der Waals surface area contributed by atoms with E-state index in [1.54, 1.807) is 19.1 Å². The minimum Gasteiger partial charge on any atom is -0.465 e. The number of hydrogen-bond donors (Lipinski definition) is 0. The highest BCUT2D eigenvalue weighted by atomic mass is 35.5. The number of hydrogen-bond acceptors (Lipinski definition) is 4. The molecule has 2 aromatic rings. The van der Waals surface area contributed by atoms with Gasteiger partial charge in [0.2, 0.25) is 5.28 Å². The van der Waals surface area contributed by atoms with Crippen molar-refractivity contribution in [3.05, 3.63) is 63.7 Å². The Hall–Kier alpha value is -2.41. The Morgan fingerprint density at radius 1 is 1.35 bits per heavy atom. The lowest BCUT2D eigenvalue weighted by Crippen LogP contribution is -2.13. The van der Waals surface area contributed by atoms with Crippen molar-refractivity contribution in [2.75, 3.05) is 7.11 Å². The van der Waals surface area contributed by atoms with E-state index in [9.17, 15) is 18.0 Å². The van der Waals surface area contributed by atoms with E-state index in [1.807, 2.05) is 6.92 Å². The summed E-state index contributed by atoms with van der Waals surface area (Å²) in [6.07, 6.45) is -1.94. The summed E-state index contributed by atoms with van der Waals surface area (Å²) in [5, 5.41) is -0.281. The molecule has 1 heterocycles. The minimum absolute atomic E-state index is 0.259. The van der Waals surface area contributed by atoms with Crippen molar-refractivity contribution >= 4 is 23.1 Å². The molecule has 2 rings (SSSR count). The monoisotopic (exact) mass is 384 g/mol. The summed E-state index contributed by atoms with van der Waals surface area (Å²) in [6.45, 7) is 3.45. The molecule has 0 aliphatic rings. The summed E-state index contributed by atoms with van der Waals surface area (Å²) < 4.78 is 44.8. The standard InChI is InChI=1S/C18H16ClF3N2O2/c1-4-10-8-11(16(25)26-3)6-7-13(10)12(5-2)15-14(18(20,21)22)9-23-17(19)24-15/h5-9H,4H2,1-3H3/b12-5+. The highest BCUT2D eigenvalue weighted by Crippen LogP contribution is 2.37. The second-order valence-corrected chi connectivity index (χ2v) is 5.66. The maximum atomic E-state index is 13.4. The van der Waals surface area contributed by atoms with Crippen molar-refractivity contribution in [3.63, 3.8) is 0 Å². The molecule has 0 unspecified atom stereocenters. The molecule has 4 nitrogen and oxygen atoms in total. The number of aromatic nitrogens is 2. The summed E-state index contributed by atoms with van der Waals surface area (Å²) in [4.78, 5) is 19.0. The lowest BCUT2D eigenvalue weighted by molar-refractivity contribution is -0.138. The lowest BCUT2D eigenvalue weighted by atomic mass is 9.92. The van der Waals surface area contributed by atoms with E-state index in [-0.39, 0.29) is 16.6 Å². The van der Waals surface area contributed by atoms with E-state index in [0.717, 1.165) is 0 Å². The van der Waals surface area contributed by atoms with Crippen LogP contribution in [0.2, 0.25) is 5.28 Å². The number of halogens is 4. The number of methoxy groups -OCH3 is 1. The van der Waals surface area contributed by atoms with Gasteiger partial charge < -0.3 is 4.74 Å². The summed E-state index contributed by atoms with van der Waals surface area (Å²) >= 11 is 5.74. The molecule has 138 valence electrons. The quantitative estimate of drug-likeness (QED) is 0.553. The highest BCUT2D eigenvalue weighted by molar-refractivity contribution is 6.28. The van der Waals surface area contributed by atoms with E-state index in [1.165, 1.54) is 19.3 Å². The van der Waals surface area contributed by atoms with Crippen LogP contribution in [0.5, 0.6) is 0 Å². The molecule has 0 spiro atoms. The fourth-order valence-electron chi connectivity index (χ4n) is 2.59. The van der Waals surface area contributed by atoms with E-state index < -0.39 is 17.7 Å². The van der Waals surface area contributed by atoms with Gasteiger partial charge in [-0.05, 0) is 48.2 Å². The number of nitrogens with zero attached hydrogens (tertiary/aromatic N) is 2. The fraction of sp³-hybridized carbons (Fsp3) is 0.278. The zero-order chi connectivity index (χ0) is 19.5. The topological polar surface area (TPSA) is 52.1 Å².